The van der Waals surface area contributed by atoms with Crippen molar-refractivity contribution < 1.29 is 4.79 Å². The van der Waals surface area contributed by atoms with E-state index in [0.29, 0.717) is 13.1 Å². The first-order valence-corrected chi connectivity index (χ1v) is 7.28. The number of fused-ring (bicyclic) bond motifs is 1. The number of hydrogen-bond acceptors (Lipinski definition) is 2. The fraction of sp³-hybridized carbons (Fsp3) is 0.278. The molecule has 2 aromatic rings. The third-order valence-corrected chi connectivity index (χ3v) is 4.05. The van der Waals surface area contributed by atoms with E-state index in [0.717, 1.165) is 16.8 Å². The van der Waals surface area contributed by atoms with E-state index in [4.69, 9.17) is 0 Å². The summed E-state index contributed by atoms with van der Waals surface area (Å²) in [5.41, 5.74) is 4.59. The van der Waals surface area contributed by atoms with Crippen molar-refractivity contribution in [2.75, 3.05) is 18.9 Å². The number of amides is 1. The summed E-state index contributed by atoms with van der Waals surface area (Å²) in [6.07, 6.45) is 0. The lowest BCUT2D eigenvalue weighted by atomic mass is 10.00. The average Bonchev–Trinajstić information content (AvgIpc) is 2.92. The number of para-hydroxylation sites is 1. The zero-order chi connectivity index (χ0) is 14.8. The molecule has 0 fully saturated rings. The van der Waals surface area contributed by atoms with E-state index < -0.39 is 0 Å². The fourth-order valence-electron chi connectivity index (χ4n) is 2.82. The summed E-state index contributed by atoms with van der Waals surface area (Å²) >= 11 is 0. The average molecular weight is 280 g/mol. The molecule has 1 heterocycles. The van der Waals surface area contributed by atoms with Crippen LogP contribution in [0.5, 0.6) is 0 Å². The van der Waals surface area contributed by atoms with Crippen LogP contribution in [0.25, 0.3) is 0 Å². The molecule has 0 spiro atoms. The molecule has 1 N–H and O–H groups in total. The molecule has 0 aromatic heterocycles. The third-order valence-electron chi connectivity index (χ3n) is 4.05. The summed E-state index contributed by atoms with van der Waals surface area (Å²) in [6.45, 7) is 3.41. The number of nitrogens with one attached hydrogen (secondary N) is 1. The quantitative estimate of drug-likeness (QED) is 0.936. The van der Waals surface area contributed by atoms with Gasteiger partial charge in [0.2, 0.25) is 5.91 Å². The van der Waals surface area contributed by atoms with Gasteiger partial charge < -0.3 is 10.2 Å². The molecule has 0 aliphatic carbocycles. The number of hydrogen-bond donors (Lipinski definition) is 1. The first-order chi connectivity index (χ1) is 10.1. The minimum Gasteiger partial charge on any atom is -0.384 e. The van der Waals surface area contributed by atoms with Crippen LogP contribution in [0.2, 0.25) is 0 Å². The number of aryl methyl sites for hydroxylation is 1. The zero-order valence-electron chi connectivity index (χ0n) is 12.5. The van der Waals surface area contributed by atoms with Crippen LogP contribution in [0.1, 0.15) is 22.6 Å². The van der Waals surface area contributed by atoms with Gasteiger partial charge in [-0.1, -0.05) is 48.0 Å². The SMILES string of the molecule is Cc1ccc(CN(C)C(=O)C2CNc3ccccc32)cc1. The molecular weight excluding hydrogens is 260 g/mol. The van der Waals surface area contributed by atoms with Gasteiger partial charge in [-0.15, -0.1) is 0 Å². The molecule has 3 rings (SSSR count). The first kappa shape index (κ1) is 13.7. The Kier molecular flexibility index (Phi) is 3.65. The van der Waals surface area contributed by atoms with Crippen LogP contribution in [-0.4, -0.2) is 24.4 Å². The molecule has 1 amide bonds. The highest BCUT2D eigenvalue weighted by molar-refractivity contribution is 5.88. The molecule has 0 radical (unpaired) electrons. The predicted molar refractivity (Wildman–Crippen MR) is 85.3 cm³/mol. The van der Waals surface area contributed by atoms with Gasteiger partial charge in [0.05, 0.1) is 5.92 Å². The van der Waals surface area contributed by atoms with Crippen molar-refractivity contribution in [3.8, 4) is 0 Å². The Bertz CT molecular complexity index is 649. The van der Waals surface area contributed by atoms with Crippen LogP contribution in [-0.2, 0) is 11.3 Å². The number of carbonyl (C=O) groups is 1. The van der Waals surface area contributed by atoms with E-state index in [9.17, 15) is 4.79 Å². The maximum atomic E-state index is 12.7. The Labute approximate surface area is 125 Å². The Hall–Kier alpha value is -2.29. The number of carbonyl (C=O) groups excluding carboxylic acids is 1. The molecular formula is C18H20N2O. The second kappa shape index (κ2) is 5.60. The van der Waals surface area contributed by atoms with Crippen molar-refractivity contribution in [1.82, 2.24) is 4.90 Å². The molecule has 3 heteroatoms. The Morgan fingerprint density at radius 3 is 2.67 bits per heavy atom. The second-order valence-corrected chi connectivity index (χ2v) is 5.70. The number of rotatable bonds is 3. The molecule has 0 saturated heterocycles. The summed E-state index contributed by atoms with van der Waals surface area (Å²) in [5, 5.41) is 3.31. The molecule has 3 nitrogen and oxygen atoms in total. The normalized spacial score (nSPS) is 16.2. The van der Waals surface area contributed by atoms with Gasteiger partial charge >= 0.3 is 0 Å². The summed E-state index contributed by atoms with van der Waals surface area (Å²) in [6, 6.07) is 16.4. The van der Waals surface area contributed by atoms with Gasteiger partial charge in [-0.3, -0.25) is 4.79 Å². The van der Waals surface area contributed by atoms with Crippen molar-refractivity contribution in [1.29, 1.82) is 0 Å². The number of nitrogens with zero attached hydrogens (tertiary/aromatic N) is 1. The molecule has 1 atom stereocenters. The second-order valence-electron chi connectivity index (χ2n) is 5.70. The van der Waals surface area contributed by atoms with Gasteiger partial charge in [0.25, 0.3) is 0 Å². The highest BCUT2D eigenvalue weighted by Crippen LogP contribution is 2.32. The van der Waals surface area contributed by atoms with Crippen LogP contribution in [0, 0.1) is 6.92 Å². The predicted octanol–water partition coefficient (Wildman–Crippen LogP) is 3.16. The van der Waals surface area contributed by atoms with E-state index in [1.807, 2.05) is 36.2 Å². The van der Waals surface area contributed by atoms with Crippen LogP contribution in [0.4, 0.5) is 5.69 Å². The summed E-state index contributed by atoms with van der Waals surface area (Å²) < 4.78 is 0. The molecule has 0 bridgehead atoms. The maximum absolute atomic E-state index is 12.7. The molecule has 0 saturated carbocycles. The molecule has 1 unspecified atom stereocenters. The zero-order valence-corrected chi connectivity index (χ0v) is 12.5. The van der Waals surface area contributed by atoms with Crippen molar-refractivity contribution in [2.24, 2.45) is 0 Å². The Morgan fingerprint density at radius 2 is 1.90 bits per heavy atom. The van der Waals surface area contributed by atoms with Gasteiger partial charge in [-0.2, -0.15) is 0 Å². The lowest BCUT2D eigenvalue weighted by Crippen LogP contribution is -2.32. The topological polar surface area (TPSA) is 32.3 Å². The first-order valence-electron chi connectivity index (χ1n) is 7.28. The standard InChI is InChI=1S/C18H20N2O/c1-13-7-9-14(10-8-13)12-20(2)18(21)16-11-19-17-6-4-3-5-15(16)17/h3-10,16,19H,11-12H2,1-2H3. The smallest absolute Gasteiger partial charge is 0.232 e. The van der Waals surface area contributed by atoms with Gasteiger partial charge in [-0.05, 0) is 24.1 Å². The third kappa shape index (κ3) is 2.77. The highest BCUT2D eigenvalue weighted by atomic mass is 16.2. The van der Waals surface area contributed by atoms with E-state index in [1.54, 1.807) is 0 Å². The Morgan fingerprint density at radius 1 is 1.19 bits per heavy atom. The van der Waals surface area contributed by atoms with E-state index >= 15 is 0 Å². The summed E-state index contributed by atoms with van der Waals surface area (Å²) in [7, 11) is 1.88. The minimum atomic E-state index is -0.0725. The van der Waals surface area contributed by atoms with Gasteiger partial charge in [-0.25, -0.2) is 0 Å². The lowest BCUT2D eigenvalue weighted by molar-refractivity contribution is -0.131. The van der Waals surface area contributed by atoms with Gasteiger partial charge in [0.1, 0.15) is 0 Å². The monoisotopic (exact) mass is 280 g/mol. The van der Waals surface area contributed by atoms with Crippen LogP contribution >= 0.6 is 0 Å². The number of benzene rings is 2. The molecule has 2 aromatic carbocycles. The van der Waals surface area contributed by atoms with E-state index in [-0.39, 0.29) is 11.8 Å². The minimum absolute atomic E-state index is 0.0725. The highest BCUT2D eigenvalue weighted by Gasteiger charge is 2.30. The molecule has 21 heavy (non-hydrogen) atoms. The molecule has 1 aliphatic rings. The van der Waals surface area contributed by atoms with Crippen molar-refractivity contribution >= 4 is 11.6 Å². The van der Waals surface area contributed by atoms with E-state index in [2.05, 4.69) is 36.5 Å². The largest absolute Gasteiger partial charge is 0.384 e. The summed E-state index contributed by atoms with van der Waals surface area (Å²) in [5.74, 6) is 0.102. The number of anilines is 1. The van der Waals surface area contributed by atoms with Crippen molar-refractivity contribution in [3.63, 3.8) is 0 Å². The maximum Gasteiger partial charge on any atom is 0.232 e. The van der Waals surface area contributed by atoms with Crippen LogP contribution < -0.4 is 5.32 Å². The van der Waals surface area contributed by atoms with Gasteiger partial charge in [0, 0.05) is 25.8 Å². The molecule has 108 valence electrons. The molecule has 1 aliphatic heterocycles. The lowest BCUT2D eigenvalue weighted by Gasteiger charge is -2.21. The van der Waals surface area contributed by atoms with Gasteiger partial charge in [0.15, 0.2) is 0 Å². The number of likely N-dealkylation sites (N-methyl/N-ethyl adjacent to an activating group) is 1. The Balaban J connectivity index is 1.72. The summed E-state index contributed by atoms with van der Waals surface area (Å²) in [4.78, 5) is 14.5. The van der Waals surface area contributed by atoms with Crippen LogP contribution in [0.15, 0.2) is 48.5 Å². The van der Waals surface area contributed by atoms with Crippen molar-refractivity contribution in [2.45, 2.75) is 19.4 Å². The van der Waals surface area contributed by atoms with E-state index in [1.165, 1.54) is 5.56 Å². The van der Waals surface area contributed by atoms with Crippen molar-refractivity contribution in [3.05, 3.63) is 65.2 Å². The fourth-order valence-corrected chi connectivity index (χ4v) is 2.82. The van der Waals surface area contributed by atoms with Crippen LogP contribution in [0.3, 0.4) is 0 Å².